The number of ether oxygens (including phenoxy) is 1. The van der Waals surface area contributed by atoms with Gasteiger partial charge in [0.2, 0.25) is 5.78 Å². The van der Waals surface area contributed by atoms with E-state index < -0.39 is 46.5 Å². The first-order valence-electron chi connectivity index (χ1n) is 14.1. The van der Waals surface area contributed by atoms with Gasteiger partial charge in [0.25, 0.3) is 0 Å². The van der Waals surface area contributed by atoms with Gasteiger partial charge < -0.3 is 14.9 Å². The lowest BCUT2D eigenvalue weighted by Crippen LogP contribution is -2.70. The topological polar surface area (TPSA) is 83.8 Å². The summed E-state index contributed by atoms with van der Waals surface area (Å²) in [5.74, 6) is -1.67. The molecule has 7 heteroatoms. The summed E-state index contributed by atoms with van der Waals surface area (Å²) in [6, 6.07) is 0. The van der Waals surface area contributed by atoms with E-state index in [9.17, 15) is 19.8 Å². The Morgan fingerprint density at radius 3 is 2.59 bits per heavy atom. The van der Waals surface area contributed by atoms with Crippen molar-refractivity contribution in [2.75, 3.05) is 6.61 Å². The monoisotopic (exact) mass is 534 g/mol. The van der Waals surface area contributed by atoms with Crippen molar-refractivity contribution < 1.29 is 28.9 Å². The molecule has 0 spiro atoms. The molecule has 206 valence electrons. The Bertz CT molecular complexity index is 1010. The fourth-order valence-corrected chi connectivity index (χ4v) is 8.90. The molecule has 0 aromatic heterocycles. The van der Waals surface area contributed by atoms with Crippen LogP contribution in [0, 0.1) is 28.6 Å². The van der Waals surface area contributed by atoms with Crippen molar-refractivity contribution in [3.8, 4) is 0 Å². The highest BCUT2D eigenvalue weighted by Gasteiger charge is 2.76. The van der Waals surface area contributed by atoms with E-state index in [0.29, 0.717) is 30.7 Å². The van der Waals surface area contributed by atoms with Crippen LogP contribution in [0.2, 0.25) is 0 Å². The number of carbonyl (C=O) groups excluding carboxylic acids is 2. The molecule has 0 heterocycles. The number of hydrogen-bond donors (Lipinski definition) is 2. The fourth-order valence-electron chi connectivity index (χ4n) is 8.62. The molecule has 37 heavy (non-hydrogen) atoms. The van der Waals surface area contributed by atoms with Gasteiger partial charge in [-0.3, -0.25) is 9.59 Å². The second-order valence-corrected chi connectivity index (χ2v) is 12.8. The molecule has 3 saturated carbocycles. The molecule has 5 nitrogen and oxygen atoms in total. The van der Waals surface area contributed by atoms with Crippen LogP contribution in [0.25, 0.3) is 0 Å². The number of Topliss-reactive ketones (excluding diaryl/α,β-unsaturated/α-hetero) is 1. The van der Waals surface area contributed by atoms with Gasteiger partial charge in [-0.25, -0.2) is 4.39 Å². The minimum absolute atomic E-state index is 0.0184. The van der Waals surface area contributed by atoms with Crippen molar-refractivity contribution in [2.24, 2.45) is 28.6 Å². The van der Waals surface area contributed by atoms with Crippen molar-refractivity contribution in [1.82, 2.24) is 0 Å². The zero-order chi connectivity index (χ0) is 27.2. The van der Waals surface area contributed by atoms with E-state index in [2.05, 4.69) is 6.92 Å². The lowest BCUT2D eigenvalue weighted by Gasteiger charge is -2.62. The summed E-state index contributed by atoms with van der Waals surface area (Å²) in [5.41, 5.74) is -4.65. The maximum Gasteiger partial charge on any atom is 0.202 e. The number of allylic oxidation sites excluding steroid dienone is 4. The zero-order valence-corrected chi connectivity index (χ0v) is 23.5. The number of rotatable bonds is 9. The molecule has 3 fully saturated rings. The maximum absolute atomic E-state index is 17.4. The third-order valence-electron chi connectivity index (χ3n) is 10.5. The van der Waals surface area contributed by atoms with Crippen LogP contribution in [0.4, 0.5) is 4.39 Å². The lowest BCUT2D eigenvalue weighted by atomic mass is 9.44. The summed E-state index contributed by atoms with van der Waals surface area (Å²) in [7, 11) is 0. The van der Waals surface area contributed by atoms with Crippen molar-refractivity contribution in [2.45, 2.75) is 109 Å². The van der Waals surface area contributed by atoms with E-state index in [-0.39, 0.29) is 24.0 Å². The highest BCUT2D eigenvalue weighted by Crippen LogP contribution is 2.71. The second kappa shape index (κ2) is 10.3. The van der Waals surface area contributed by atoms with Gasteiger partial charge in [0, 0.05) is 29.1 Å². The Morgan fingerprint density at radius 1 is 1.22 bits per heavy atom. The Balaban J connectivity index is 1.68. The van der Waals surface area contributed by atoms with E-state index in [1.54, 1.807) is 13.0 Å². The quantitative estimate of drug-likeness (QED) is 0.296. The van der Waals surface area contributed by atoms with E-state index in [1.807, 2.05) is 13.8 Å². The number of aliphatic hydroxyl groups excluding tert-OH is 2. The molecule has 8 atom stereocenters. The first kappa shape index (κ1) is 28.6. The number of hydrogen-bond acceptors (Lipinski definition) is 6. The number of alkyl halides is 1. The predicted molar refractivity (Wildman–Crippen MR) is 145 cm³/mol. The number of unbranched alkanes of at least 4 members (excludes halogenated alkanes) is 4. The average molecular weight is 535 g/mol. The second-order valence-electron chi connectivity index (χ2n) is 12.4. The Hall–Kier alpha value is -1.44. The molecule has 0 aromatic rings. The zero-order valence-electron chi connectivity index (χ0n) is 22.7. The molecule has 0 radical (unpaired) electrons. The first-order valence-corrected chi connectivity index (χ1v) is 14.5. The minimum Gasteiger partial charge on any atom is -0.472 e. The van der Waals surface area contributed by atoms with Gasteiger partial charge in [0.15, 0.2) is 22.1 Å². The molecule has 4 rings (SSSR count). The molecule has 0 unspecified atom stereocenters. The van der Waals surface area contributed by atoms with Gasteiger partial charge in [-0.15, -0.1) is 0 Å². The van der Waals surface area contributed by atoms with Crippen LogP contribution in [0.5, 0.6) is 0 Å². The first-order chi connectivity index (χ1) is 17.4. The molecule has 0 aliphatic heterocycles. The maximum atomic E-state index is 17.4. The molecule has 0 aromatic carbocycles. The highest BCUT2D eigenvalue weighted by molar-refractivity contribution is 7.80. The van der Waals surface area contributed by atoms with Gasteiger partial charge in [-0.05, 0) is 69.3 Å². The summed E-state index contributed by atoms with van der Waals surface area (Å²) in [6.45, 7) is 7.12. The molecule has 2 N–H and O–H groups in total. The molecule has 0 amide bonds. The van der Waals surface area contributed by atoms with Crippen LogP contribution in [-0.4, -0.2) is 50.8 Å². The van der Waals surface area contributed by atoms with Crippen LogP contribution in [-0.2, 0) is 14.3 Å². The summed E-state index contributed by atoms with van der Waals surface area (Å²) < 4.78 is 23.9. The van der Waals surface area contributed by atoms with Crippen molar-refractivity contribution in [3.63, 3.8) is 0 Å². The Kier molecular flexibility index (Phi) is 7.93. The molecular weight excluding hydrogens is 491 g/mol. The number of fused-ring (bicyclic) bond motifs is 5. The summed E-state index contributed by atoms with van der Waals surface area (Å²) in [5, 5.41) is 22.0. The summed E-state index contributed by atoms with van der Waals surface area (Å²) in [4.78, 5) is 25.6. The van der Waals surface area contributed by atoms with E-state index in [0.717, 1.165) is 31.3 Å². The fraction of sp³-hybridized carbons (Fsp3) is 0.767. The number of carbonyl (C=O) groups is 2. The molecule has 0 saturated heterocycles. The summed E-state index contributed by atoms with van der Waals surface area (Å²) in [6.07, 6.45) is 10.7. The van der Waals surface area contributed by atoms with Gasteiger partial charge in [0.05, 0.1) is 6.10 Å². The van der Waals surface area contributed by atoms with Gasteiger partial charge in [-0.1, -0.05) is 58.1 Å². The van der Waals surface area contributed by atoms with E-state index in [1.165, 1.54) is 18.6 Å². The standard InChI is InChI=1S/C30H43FO5S/c1-5-6-7-8-9-10-26(37)36-30(25(35)18-32)19(2)15-23-22-12-11-20-16-21(33)13-14-27(20,3)29(22,31)24(34)17-28(23,30)4/h13-14,16,19,22-24,32,34H,5-12,15,17-18H2,1-4H3/t19-,22+,23+,24+,27+,28+,29+,30+/m1/s1. The molecule has 4 aliphatic rings. The Labute approximate surface area is 225 Å². The van der Waals surface area contributed by atoms with Crippen LogP contribution >= 0.6 is 12.2 Å². The third kappa shape index (κ3) is 4.10. The lowest BCUT2D eigenvalue weighted by molar-refractivity contribution is -0.216. The Morgan fingerprint density at radius 2 is 1.92 bits per heavy atom. The van der Waals surface area contributed by atoms with Crippen LogP contribution in [0.3, 0.4) is 0 Å². The summed E-state index contributed by atoms with van der Waals surface area (Å²) >= 11 is 5.63. The molecular formula is C30H43FO5S. The third-order valence-corrected chi connectivity index (χ3v) is 10.8. The largest absolute Gasteiger partial charge is 0.472 e. The minimum atomic E-state index is -1.98. The normalized spacial score (nSPS) is 42.5. The van der Waals surface area contributed by atoms with Gasteiger partial charge >= 0.3 is 0 Å². The molecule has 4 aliphatic carbocycles. The van der Waals surface area contributed by atoms with Crippen molar-refractivity contribution >= 4 is 28.8 Å². The number of aliphatic hydroxyl groups is 2. The number of thiocarbonyl (C=S) groups is 1. The van der Waals surface area contributed by atoms with Crippen molar-refractivity contribution in [1.29, 1.82) is 0 Å². The predicted octanol–water partition coefficient (Wildman–Crippen LogP) is 5.61. The highest BCUT2D eigenvalue weighted by atomic mass is 32.1. The number of halogens is 1. The van der Waals surface area contributed by atoms with E-state index >= 15 is 4.39 Å². The smallest absolute Gasteiger partial charge is 0.202 e. The van der Waals surface area contributed by atoms with E-state index in [4.69, 9.17) is 17.0 Å². The van der Waals surface area contributed by atoms with Crippen molar-refractivity contribution in [3.05, 3.63) is 23.8 Å². The SMILES string of the molecule is CCCCCCCC(=S)O[C@]1(C(=O)CO)[C@H](C)C[C@H]2[C@@H]3CCC4=CC(=O)C=C[C@]4(C)[C@@]3(F)[C@@H](O)C[C@@]21C. The van der Waals surface area contributed by atoms with Crippen LogP contribution in [0.15, 0.2) is 23.8 Å². The molecule has 0 bridgehead atoms. The van der Waals surface area contributed by atoms with Crippen LogP contribution < -0.4 is 0 Å². The van der Waals surface area contributed by atoms with Gasteiger partial charge in [0.1, 0.15) is 6.61 Å². The number of ketones is 2. The van der Waals surface area contributed by atoms with Crippen LogP contribution in [0.1, 0.15) is 91.9 Å². The average Bonchev–Trinajstić information content (AvgIpc) is 3.06. The van der Waals surface area contributed by atoms with Gasteiger partial charge in [-0.2, -0.15) is 0 Å².